The monoisotopic (exact) mass is 345 g/mol. The van der Waals surface area contributed by atoms with E-state index in [2.05, 4.69) is 0 Å². The molecular formula is C15H17F2NO6. The molecular weight excluding hydrogens is 328 g/mol. The maximum atomic E-state index is 13.5. The summed E-state index contributed by atoms with van der Waals surface area (Å²) in [6.45, 7) is 2.03. The van der Waals surface area contributed by atoms with E-state index in [9.17, 15) is 28.5 Å². The third-order valence-electron chi connectivity index (χ3n) is 3.20. The average Bonchev–Trinajstić information content (AvgIpc) is 2.49. The van der Waals surface area contributed by atoms with Crippen LogP contribution >= 0.6 is 0 Å². The summed E-state index contributed by atoms with van der Waals surface area (Å²) in [5.74, 6) is -7.44. The van der Waals surface area contributed by atoms with Crippen molar-refractivity contribution in [3.05, 3.63) is 45.5 Å². The molecule has 1 unspecified atom stereocenters. The van der Waals surface area contributed by atoms with Gasteiger partial charge in [-0.05, 0) is 31.5 Å². The fraction of sp³-hybridized carbons (Fsp3) is 0.467. The van der Waals surface area contributed by atoms with Crippen LogP contribution in [0.2, 0.25) is 0 Å². The van der Waals surface area contributed by atoms with Crippen LogP contribution in [-0.4, -0.2) is 36.6 Å². The second kappa shape index (κ2) is 8.90. The normalized spacial score (nSPS) is 11.9. The summed E-state index contributed by atoms with van der Waals surface area (Å²) in [6, 6.07) is 2.57. The molecule has 0 radical (unpaired) electrons. The summed E-state index contributed by atoms with van der Waals surface area (Å²) in [4.78, 5) is 34.4. The minimum absolute atomic E-state index is 0.0578. The number of nitrogens with zero attached hydrogens (tertiary/aromatic N) is 1. The molecule has 1 rings (SSSR count). The smallest absolute Gasteiger partial charge is 0.321 e. The summed E-state index contributed by atoms with van der Waals surface area (Å²) in [5.41, 5.74) is -0.0725. The number of carbonyl (C=O) groups excluding carboxylic acids is 2. The minimum Gasteiger partial charge on any atom is -0.465 e. The molecule has 7 nitrogen and oxygen atoms in total. The van der Waals surface area contributed by atoms with Gasteiger partial charge in [-0.1, -0.05) is 6.07 Å². The summed E-state index contributed by atoms with van der Waals surface area (Å²) >= 11 is 0. The first-order chi connectivity index (χ1) is 11.3. The molecule has 0 aliphatic rings. The van der Waals surface area contributed by atoms with Crippen LogP contribution in [0.15, 0.2) is 18.2 Å². The molecule has 0 aliphatic heterocycles. The van der Waals surface area contributed by atoms with E-state index in [1.165, 1.54) is 13.8 Å². The van der Waals surface area contributed by atoms with Crippen molar-refractivity contribution in [1.29, 1.82) is 0 Å². The Bertz CT molecular complexity index is 604. The quantitative estimate of drug-likeness (QED) is 0.310. The summed E-state index contributed by atoms with van der Waals surface area (Å²) in [6.07, 6.45) is 0. The van der Waals surface area contributed by atoms with Gasteiger partial charge in [0, 0.05) is 4.92 Å². The number of rotatable bonds is 8. The molecule has 0 N–H and O–H groups in total. The lowest BCUT2D eigenvalue weighted by molar-refractivity contribution is -0.484. The number of hydrogen-bond acceptors (Lipinski definition) is 6. The van der Waals surface area contributed by atoms with E-state index in [0.29, 0.717) is 0 Å². The Labute approximate surface area is 136 Å². The van der Waals surface area contributed by atoms with Gasteiger partial charge in [0.1, 0.15) is 0 Å². The van der Waals surface area contributed by atoms with Crippen LogP contribution in [0.4, 0.5) is 8.78 Å². The lowest BCUT2D eigenvalue weighted by Gasteiger charge is -2.21. The number of ether oxygens (including phenoxy) is 2. The Kier molecular flexibility index (Phi) is 7.22. The summed E-state index contributed by atoms with van der Waals surface area (Å²) in [5, 5.41) is 10.9. The first-order valence-corrected chi connectivity index (χ1v) is 7.21. The van der Waals surface area contributed by atoms with Crippen LogP contribution in [0.25, 0.3) is 0 Å². The van der Waals surface area contributed by atoms with E-state index >= 15 is 0 Å². The zero-order chi connectivity index (χ0) is 18.3. The van der Waals surface area contributed by atoms with Crippen LogP contribution < -0.4 is 0 Å². The molecule has 0 saturated heterocycles. The van der Waals surface area contributed by atoms with Crippen molar-refractivity contribution in [3.63, 3.8) is 0 Å². The number of hydrogen-bond donors (Lipinski definition) is 0. The largest absolute Gasteiger partial charge is 0.465 e. The zero-order valence-corrected chi connectivity index (χ0v) is 13.2. The van der Waals surface area contributed by atoms with Crippen molar-refractivity contribution in [1.82, 2.24) is 0 Å². The molecule has 0 saturated carbocycles. The minimum atomic E-state index is -1.65. The Morgan fingerprint density at radius 3 is 2.08 bits per heavy atom. The van der Waals surface area contributed by atoms with Crippen LogP contribution in [0.3, 0.4) is 0 Å². The second-order valence-electron chi connectivity index (χ2n) is 4.78. The molecule has 9 heteroatoms. The average molecular weight is 345 g/mol. The molecule has 0 aromatic heterocycles. The molecule has 0 spiro atoms. The van der Waals surface area contributed by atoms with Gasteiger partial charge >= 0.3 is 11.9 Å². The van der Waals surface area contributed by atoms with E-state index in [0.717, 1.165) is 18.2 Å². The van der Waals surface area contributed by atoms with Crippen LogP contribution in [0.5, 0.6) is 0 Å². The molecule has 1 aromatic rings. The SMILES string of the molecule is CCOC(=O)C(C(=O)OCC)C(C[N+](=O)[O-])c1ccc(F)c(F)c1. The summed E-state index contributed by atoms with van der Waals surface area (Å²) in [7, 11) is 0. The Morgan fingerprint density at radius 1 is 1.12 bits per heavy atom. The molecule has 24 heavy (non-hydrogen) atoms. The molecule has 1 aromatic carbocycles. The molecule has 0 fully saturated rings. The number of nitro groups is 1. The fourth-order valence-corrected chi connectivity index (χ4v) is 2.20. The van der Waals surface area contributed by atoms with Gasteiger partial charge in [-0.15, -0.1) is 0 Å². The Morgan fingerprint density at radius 2 is 1.67 bits per heavy atom. The molecule has 0 bridgehead atoms. The third-order valence-corrected chi connectivity index (χ3v) is 3.20. The van der Waals surface area contributed by atoms with E-state index in [1.807, 2.05) is 0 Å². The van der Waals surface area contributed by atoms with Gasteiger partial charge in [0.2, 0.25) is 6.54 Å². The lowest BCUT2D eigenvalue weighted by Crippen LogP contribution is -2.36. The van der Waals surface area contributed by atoms with Gasteiger partial charge in [-0.3, -0.25) is 19.7 Å². The Hall–Kier alpha value is -2.58. The highest BCUT2D eigenvalue weighted by molar-refractivity contribution is 5.96. The molecule has 0 heterocycles. The van der Waals surface area contributed by atoms with Crippen molar-refractivity contribution in [2.75, 3.05) is 19.8 Å². The number of esters is 2. The van der Waals surface area contributed by atoms with Crippen molar-refractivity contribution < 1.29 is 32.8 Å². The van der Waals surface area contributed by atoms with E-state index in [1.54, 1.807) is 0 Å². The van der Waals surface area contributed by atoms with E-state index < -0.39 is 46.9 Å². The highest BCUT2D eigenvalue weighted by atomic mass is 19.2. The zero-order valence-electron chi connectivity index (χ0n) is 13.2. The third kappa shape index (κ3) is 4.97. The van der Waals surface area contributed by atoms with Gasteiger partial charge < -0.3 is 9.47 Å². The maximum absolute atomic E-state index is 13.5. The first-order valence-electron chi connectivity index (χ1n) is 7.21. The fourth-order valence-electron chi connectivity index (χ4n) is 2.20. The first kappa shape index (κ1) is 19.5. The highest BCUT2D eigenvalue weighted by Crippen LogP contribution is 2.29. The van der Waals surface area contributed by atoms with Crippen molar-refractivity contribution in [2.45, 2.75) is 19.8 Å². The molecule has 0 aliphatic carbocycles. The standard InChI is InChI=1S/C15H17F2NO6/c1-3-23-14(19)13(15(20)24-4-2)10(8-18(21)22)9-5-6-11(16)12(17)7-9/h5-7,10,13H,3-4,8H2,1-2H3. The van der Waals surface area contributed by atoms with E-state index in [4.69, 9.17) is 9.47 Å². The van der Waals surface area contributed by atoms with Gasteiger partial charge in [0.25, 0.3) is 0 Å². The highest BCUT2D eigenvalue weighted by Gasteiger charge is 2.41. The number of halogens is 2. The lowest BCUT2D eigenvalue weighted by atomic mass is 9.85. The van der Waals surface area contributed by atoms with Crippen LogP contribution in [0.1, 0.15) is 25.3 Å². The van der Waals surface area contributed by atoms with Gasteiger partial charge in [0.15, 0.2) is 17.6 Å². The topological polar surface area (TPSA) is 95.7 Å². The van der Waals surface area contributed by atoms with Crippen LogP contribution in [0, 0.1) is 27.7 Å². The van der Waals surface area contributed by atoms with Crippen molar-refractivity contribution in [3.8, 4) is 0 Å². The summed E-state index contributed by atoms with van der Waals surface area (Å²) < 4.78 is 36.1. The predicted molar refractivity (Wildman–Crippen MR) is 77.7 cm³/mol. The van der Waals surface area contributed by atoms with Gasteiger partial charge in [-0.2, -0.15) is 0 Å². The molecule has 1 atom stereocenters. The maximum Gasteiger partial charge on any atom is 0.321 e. The van der Waals surface area contributed by atoms with Crippen molar-refractivity contribution in [2.24, 2.45) is 5.92 Å². The Balaban J connectivity index is 3.33. The number of carbonyl (C=O) groups is 2. The van der Waals surface area contributed by atoms with Crippen molar-refractivity contribution >= 4 is 11.9 Å². The van der Waals surface area contributed by atoms with Crippen LogP contribution in [-0.2, 0) is 19.1 Å². The van der Waals surface area contributed by atoms with E-state index in [-0.39, 0.29) is 18.8 Å². The number of benzene rings is 1. The molecule has 0 amide bonds. The predicted octanol–water partition coefficient (Wildman–Crippen LogP) is 2.07. The van der Waals surface area contributed by atoms with Gasteiger partial charge in [-0.25, -0.2) is 8.78 Å². The molecule has 132 valence electrons. The second-order valence-corrected chi connectivity index (χ2v) is 4.78. The van der Waals surface area contributed by atoms with Gasteiger partial charge in [0.05, 0.1) is 19.1 Å².